The van der Waals surface area contributed by atoms with Crippen molar-refractivity contribution in [3.8, 4) is 5.75 Å². The van der Waals surface area contributed by atoms with E-state index in [-0.39, 0.29) is 24.5 Å². The topological polar surface area (TPSA) is 113 Å². The van der Waals surface area contributed by atoms with Gasteiger partial charge in [0.05, 0.1) is 17.5 Å². The number of nitro groups is 1. The molecule has 0 aliphatic rings. The highest BCUT2D eigenvalue weighted by Crippen LogP contribution is 2.22. The molecule has 0 aliphatic heterocycles. The number of phenols is 1. The van der Waals surface area contributed by atoms with Crippen LogP contribution >= 0.6 is 0 Å². The number of nitro benzene ring substituents is 1. The van der Waals surface area contributed by atoms with E-state index in [1.165, 1.54) is 12.1 Å². The van der Waals surface area contributed by atoms with E-state index in [9.17, 15) is 20.0 Å². The van der Waals surface area contributed by atoms with Gasteiger partial charge in [-0.1, -0.05) is 0 Å². The summed E-state index contributed by atoms with van der Waals surface area (Å²) in [4.78, 5) is 20.0. The number of hydrogen-bond donors (Lipinski definition) is 3. The SMILES string of the molecule is O=C(O)CNCc1ccc([N+](=O)[O-])cc1O. The number of non-ortho nitro benzene ring substituents is 1. The van der Waals surface area contributed by atoms with E-state index in [2.05, 4.69) is 5.32 Å². The highest BCUT2D eigenvalue weighted by Gasteiger charge is 2.09. The smallest absolute Gasteiger partial charge is 0.317 e. The number of aromatic hydroxyl groups is 1. The lowest BCUT2D eigenvalue weighted by Gasteiger charge is -2.04. The third-order valence-electron chi connectivity index (χ3n) is 1.87. The van der Waals surface area contributed by atoms with Crippen molar-refractivity contribution in [3.63, 3.8) is 0 Å². The van der Waals surface area contributed by atoms with Crippen LogP contribution in [0.5, 0.6) is 5.75 Å². The molecule has 0 spiro atoms. The third-order valence-corrected chi connectivity index (χ3v) is 1.87. The summed E-state index contributed by atoms with van der Waals surface area (Å²) >= 11 is 0. The van der Waals surface area contributed by atoms with Crippen molar-refractivity contribution in [2.75, 3.05) is 6.54 Å². The molecule has 0 heterocycles. The minimum absolute atomic E-state index is 0.135. The highest BCUT2D eigenvalue weighted by atomic mass is 16.6. The second kappa shape index (κ2) is 5.08. The summed E-state index contributed by atoms with van der Waals surface area (Å²) in [7, 11) is 0. The molecule has 7 heteroatoms. The third kappa shape index (κ3) is 3.21. The summed E-state index contributed by atoms with van der Waals surface area (Å²) in [6.45, 7) is -0.105. The number of hydrogen-bond acceptors (Lipinski definition) is 5. The van der Waals surface area contributed by atoms with Gasteiger partial charge < -0.3 is 15.5 Å². The predicted molar refractivity (Wildman–Crippen MR) is 54.1 cm³/mol. The van der Waals surface area contributed by atoms with Gasteiger partial charge in [-0.25, -0.2) is 0 Å². The van der Waals surface area contributed by atoms with Crippen LogP contribution in [0.25, 0.3) is 0 Å². The van der Waals surface area contributed by atoms with Gasteiger partial charge in [0.2, 0.25) is 0 Å². The zero-order chi connectivity index (χ0) is 12.1. The molecule has 0 saturated heterocycles. The fraction of sp³-hybridized carbons (Fsp3) is 0.222. The Morgan fingerprint density at radius 1 is 1.50 bits per heavy atom. The van der Waals surface area contributed by atoms with Crippen molar-refractivity contribution in [1.82, 2.24) is 5.32 Å². The second-order valence-corrected chi connectivity index (χ2v) is 3.07. The van der Waals surface area contributed by atoms with Gasteiger partial charge in [-0.05, 0) is 6.07 Å². The Bertz CT molecular complexity index is 418. The zero-order valence-electron chi connectivity index (χ0n) is 8.21. The molecule has 0 fully saturated rings. The first-order valence-electron chi connectivity index (χ1n) is 4.39. The molecule has 1 aromatic rings. The monoisotopic (exact) mass is 226 g/mol. The van der Waals surface area contributed by atoms with E-state index >= 15 is 0 Å². The molecular weight excluding hydrogens is 216 g/mol. The highest BCUT2D eigenvalue weighted by molar-refractivity contribution is 5.69. The zero-order valence-corrected chi connectivity index (χ0v) is 8.21. The van der Waals surface area contributed by atoms with Gasteiger partial charge in [0.15, 0.2) is 0 Å². The lowest BCUT2D eigenvalue weighted by molar-refractivity contribution is -0.384. The molecule has 0 aliphatic carbocycles. The summed E-state index contributed by atoms with van der Waals surface area (Å²) in [5.41, 5.74) is 0.200. The maximum atomic E-state index is 10.4. The number of carbonyl (C=O) groups is 1. The van der Waals surface area contributed by atoms with Gasteiger partial charge in [-0.15, -0.1) is 0 Å². The molecular formula is C9H10N2O5. The summed E-state index contributed by atoms with van der Waals surface area (Å²) in [5, 5.41) is 30.7. The molecule has 1 rings (SSSR count). The van der Waals surface area contributed by atoms with E-state index in [4.69, 9.17) is 5.11 Å². The first-order chi connectivity index (χ1) is 7.50. The molecule has 7 nitrogen and oxygen atoms in total. The van der Waals surface area contributed by atoms with Crippen molar-refractivity contribution in [2.24, 2.45) is 0 Å². The molecule has 0 aromatic heterocycles. The number of rotatable bonds is 5. The van der Waals surface area contributed by atoms with E-state index in [0.29, 0.717) is 5.56 Å². The van der Waals surface area contributed by atoms with Crippen LogP contribution in [0.3, 0.4) is 0 Å². The molecule has 0 atom stereocenters. The molecule has 0 amide bonds. The van der Waals surface area contributed by atoms with Gasteiger partial charge in [0.1, 0.15) is 5.75 Å². The van der Waals surface area contributed by atoms with Crippen LogP contribution in [-0.2, 0) is 11.3 Å². The number of nitrogens with one attached hydrogen (secondary N) is 1. The maximum Gasteiger partial charge on any atom is 0.317 e. The van der Waals surface area contributed by atoms with Crippen LogP contribution in [0.1, 0.15) is 5.56 Å². The van der Waals surface area contributed by atoms with E-state index in [1.807, 2.05) is 0 Å². The molecule has 16 heavy (non-hydrogen) atoms. The van der Waals surface area contributed by atoms with Gasteiger partial charge in [0.25, 0.3) is 5.69 Å². The quantitative estimate of drug-likeness (QED) is 0.497. The van der Waals surface area contributed by atoms with Crippen LogP contribution < -0.4 is 5.32 Å². The number of carboxylic acids is 1. The molecule has 0 radical (unpaired) electrons. The maximum absolute atomic E-state index is 10.4. The Labute approximate surface area is 90.5 Å². The Hall–Kier alpha value is -2.15. The number of benzene rings is 1. The standard InChI is InChI=1S/C9H10N2O5/c12-8-3-7(11(15)16)2-1-6(8)4-10-5-9(13)14/h1-3,10,12H,4-5H2,(H,13,14). The van der Waals surface area contributed by atoms with Crippen LogP contribution in [0.2, 0.25) is 0 Å². The molecule has 0 saturated carbocycles. The fourth-order valence-corrected chi connectivity index (χ4v) is 1.12. The van der Waals surface area contributed by atoms with Crippen molar-refractivity contribution < 1.29 is 19.9 Å². The Balaban J connectivity index is 2.68. The number of nitrogens with zero attached hydrogens (tertiary/aromatic N) is 1. The van der Waals surface area contributed by atoms with Crippen LogP contribution in [-0.4, -0.2) is 27.7 Å². The fourth-order valence-electron chi connectivity index (χ4n) is 1.12. The van der Waals surface area contributed by atoms with Gasteiger partial charge in [-0.3, -0.25) is 14.9 Å². The minimum atomic E-state index is -1.01. The van der Waals surface area contributed by atoms with Gasteiger partial charge in [0, 0.05) is 18.2 Å². The van der Waals surface area contributed by atoms with Crippen molar-refractivity contribution in [2.45, 2.75) is 6.54 Å². The first-order valence-corrected chi connectivity index (χ1v) is 4.39. The molecule has 1 aromatic carbocycles. The average molecular weight is 226 g/mol. The summed E-state index contributed by atoms with van der Waals surface area (Å²) in [6.07, 6.45) is 0. The largest absolute Gasteiger partial charge is 0.507 e. The van der Waals surface area contributed by atoms with E-state index in [0.717, 1.165) is 6.07 Å². The summed E-state index contributed by atoms with van der Waals surface area (Å²) < 4.78 is 0. The molecule has 0 bridgehead atoms. The Morgan fingerprint density at radius 3 is 2.69 bits per heavy atom. The van der Waals surface area contributed by atoms with E-state index < -0.39 is 10.9 Å². The number of carboxylic acid groups (broad SMARTS) is 1. The normalized spacial score (nSPS) is 10.0. The van der Waals surface area contributed by atoms with Gasteiger partial charge >= 0.3 is 5.97 Å². The lowest BCUT2D eigenvalue weighted by Crippen LogP contribution is -2.21. The van der Waals surface area contributed by atoms with E-state index in [1.54, 1.807) is 0 Å². The molecule has 3 N–H and O–H groups in total. The summed E-state index contributed by atoms with van der Waals surface area (Å²) in [5.74, 6) is -1.24. The number of aliphatic carboxylic acids is 1. The molecule has 0 unspecified atom stereocenters. The number of phenolic OH excluding ortho intramolecular Hbond substituents is 1. The van der Waals surface area contributed by atoms with Crippen LogP contribution in [0, 0.1) is 10.1 Å². The molecule has 86 valence electrons. The van der Waals surface area contributed by atoms with Gasteiger partial charge in [-0.2, -0.15) is 0 Å². The summed E-state index contributed by atoms with van der Waals surface area (Å²) in [6, 6.07) is 3.65. The van der Waals surface area contributed by atoms with Crippen LogP contribution in [0.15, 0.2) is 18.2 Å². The Kier molecular flexibility index (Phi) is 3.78. The Morgan fingerprint density at radius 2 is 2.19 bits per heavy atom. The predicted octanol–water partition coefficient (Wildman–Crippen LogP) is 0.475. The minimum Gasteiger partial charge on any atom is -0.507 e. The van der Waals surface area contributed by atoms with Crippen molar-refractivity contribution in [3.05, 3.63) is 33.9 Å². The van der Waals surface area contributed by atoms with Crippen molar-refractivity contribution in [1.29, 1.82) is 0 Å². The average Bonchev–Trinajstić information content (AvgIpc) is 2.19. The second-order valence-electron chi connectivity index (χ2n) is 3.07. The first kappa shape index (κ1) is 11.9. The van der Waals surface area contributed by atoms with Crippen LogP contribution in [0.4, 0.5) is 5.69 Å². The van der Waals surface area contributed by atoms with Crippen molar-refractivity contribution >= 4 is 11.7 Å². The lowest BCUT2D eigenvalue weighted by atomic mass is 10.2.